The summed E-state index contributed by atoms with van der Waals surface area (Å²) in [7, 11) is 0. The van der Waals surface area contributed by atoms with Crippen molar-refractivity contribution in [1.82, 2.24) is 9.78 Å². The van der Waals surface area contributed by atoms with E-state index in [1.807, 2.05) is 60.8 Å². The number of nitrogens with one attached hydrogen (secondary N) is 1. The Morgan fingerprint density at radius 3 is 2.60 bits per heavy atom. The quantitative estimate of drug-likeness (QED) is 0.789. The first-order chi connectivity index (χ1) is 9.83. The average molecular weight is 263 g/mol. The van der Waals surface area contributed by atoms with Crippen LogP contribution >= 0.6 is 0 Å². The molecule has 0 saturated heterocycles. The molecule has 0 unspecified atom stereocenters. The fourth-order valence-electron chi connectivity index (χ4n) is 1.94. The lowest BCUT2D eigenvalue weighted by Gasteiger charge is -2.07. The zero-order chi connectivity index (χ0) is 13.8. The van der Waals surface area contributed by atoms with Gasteiger partial charge in [-0.25, -0.2) is 4.68 Å². The molecule has 0 atom stereocenters. The Balaban J connectivity index is 1.84. The minimum atomic E-state index is -0.134. The third-order valence-corrected chi connectivity index (χ3v) is 2.91. The summed E-state index contributed by atoms with van der Waals surface area (Å²) in [5.41, 5.74) is 2.24. The van der Waals surface area contributed by atoms with E-state index < -0.39 is 0 Å². The van der Waals surface area contributed by atoms with Crippen LogP contribution in [0.4, 0.5) is 5.69 Å². The van der Waals surface area contributed by atoms with Crippen LogP contribution in [0.5, 0.6) is 0 Å². The standard InChI is InChI=1S/C16H13N3O/c20-16(18-14-7-2-1-3-8-14)13-6-4-9-15(12-13)19-11-5-10-17-19/h1-12H,(H,18,20). The second kappa shape index (κ2) is 5.40. The van der Waals surface area contributed by atoms with E-state index in [1.54, 1.807) is 16.9 Å². The molecule has 0 fully saturated rings. The van der Waals surface area contributed by atoms with Gasteiger partial charge in [-0.3, -0.25) is 4.79 Å². The number of anilines is 1. The van der Waals surface area contributed by atoms with Gasteiger partial charge in [0.05, 0.1) is 5.69 Å². The molecule has 2 aromatic carbocycles. The summed E-state index contributed by atoms with van der Waals surface area (Å²) in [5.74, 6) is -0.134. The highest BCUT2D eigenvalue weighted by Gasteiger charge is 2.07. The van der Waals surface area contributed by atoms with Crippen LogP contribution in [0.15, 0.2) is 73.1 Å². The Labute approximate surface area is 116 Å². The molecule has 1 amide bonds. The number of carbonyl (C=O) groups excluding carboxylic acids is 1. The number of hydrogen-bond acceptors (Lipinski definition) is 2. The predicted octanol–water partition coefficient (Wildman–Crippen LogP) is 3.12. The highest BCUT2D eigenvalue weighted by atomic mass is 16.1. The summed E-state index contributed by atoms with van der Waals surface area (Å²) >= 11 is 0. The molecule has 0 bridgehead atoms. The lowest BCUT2D eigenvalue weighted by Crippen LogP contribution is -2.12. The van der Waals surface area contributed by atoms with Crippen molar-refractivity contribution in [2.45, 2.75) is 0 Å². The number of amides is 1. The largest absolute Gasteiger partial charge is 0.322 e. The van der Waals surface area contributed by atoms with Crippen molar-refractivity contribution in [2.75, 3.05) is 5.32 Å². The van der Waals surface area contributed by atoms with E-state index in [0.717, 1.165) is 11.4 Å². The summed E-state index contributed by atoms with van der Waals surface area (Å²) in [6.07, 6.45) is 3.55. The van der Waals surface area contributed by atoms with Gasteiger partial charge in [0.25, 0.3) is 5.91 Å². The molecule has 4 nitrogen and oxygen atoms in total. The molecule has 1 aromatic heterocycles. The topological polar surface area (TPSA) is 46.9 Å². The Hall–Kier alpha value is -2.88. The van der Waals surface area contributed by atoms with Gasteiger partial charge < -0.3 is 5.32 Å². The molecule has 1 heterocycles. The number of benzene rings is 2. The lowest BCUT2D eigenvalue weighted by molar-refractivity contribution is 0.102. The van der Waals surface area contributed by atoms with Crippen molar-refractivity contribution in [3.05, 3.63) is 78.6 Å². The Morgan fingerprint density at radius 1 is 1.00 bits per heavy atom. The van der Waals surface area contributed by atoms with Gasteiger partial charge in [0.2, 0.25) is 0 Å². The first-order valence-electron chi connectivity index (χ1n) is 6.29. The molecule has 4 heteroatoms. The molecular weight excluding hydrogens is 250 g/mol. The van der Waals surface area contributed by atoms with E-state index >= 15 is 0 Å². The van der Waals surface area contributed by atoms with Gasteiger partial charge in [-0.15, -0.1) is 0 Å². The van der Waals surface area contributed by atoms with Crippen LogP contribution < -0.4 is 5.32 Å². The first-order valence-corrected chi connectivity index (χ1v) is 6.29. The van der Waals surface area contributed by atoms with E-state index in [2.05, 4.69) is 10.4 Å². The second-order valence-corrected chi connectivity index (χ2v) is 4.32. The number of carbonyl (C=O) groups is 1. The minimum Gasteiger partial charge on any atom is -0.322 e. The molecule has 0 radical (unpaired) electrons. The van der Waals surface area contributed by atoms with Crippen LogP contribution in [0.2, 0.25) is 0 Å². The van der Waals surface area contributed by atoms with Crippen molar-refractivity contribution in [1.29, 1.82) is 0 Å². The van der Waals surface area contributed by atoms with Crippen LogP contribution in [-0.4, -0.2) is 15.7 Å². The van der Waals surface area contributed by atoms with Crippen LogP contribution in [0.3, 0.4) is 0 Å². The van der Waals surface area contributed by atoms with Gasteiger partial charge in [0, 0.05) is 23.6 Å². The zero-order valence-electron chi connectivity index (χ0n) is 10.7. The fraction of sp³-hybridized carbons (Fsp3) is 0. The first kappa shape index (κ1) is 12.2. The summed E-state index contributed by atoms with van der Waals surface area (Å²) in [6.45, 7) is 0. The highest BCUT2D eigenvalue weighted by molar-refractivity contribution is 6.04. The molecule has 0 aliphatic carbocycles. The SMILES string of the molecule is O=C(Nc1ccccc1)c1cccc(-n2cccn2)c1. The molecule has 20 heavy (non-hydrogen) atoms. The zero-order valence-corrected chi connectivity index (χ0v) is 10.7. The van der Waals surface area contributed by atoms with Crippen molar-refractivity contribution in [2.24, 2.45) is 0 Å². The molecule has 0 saturated carbocycles. The third kappa shape index (κ3) is 2.59. The molecule has 0 aliphatic rings. The highest BCUT2D eigenvalue weighted by Crippen LogP contribution is 2.12. The average Bonchev–Trinajstić information content (AvgIpc) is 3.03. The Morgan fingerprint density at radius 2 is 1.85 bits per heavy atom. The van der Waals surface area contributed by atoms with Crippen molar-refractivity contribution < 1.29 is 4.79 Å². The van der Waals surface area contributed by atoms with E-state index in [9.17, 15) is 4.79 Å². The van der Waals surface area contributed by atoms with Gasteiger partial charge in [-0.05, 0) is 36.4 Å². The van der Waals surface area contributed by atoms with Crippen LogP contribution in [0.1, 0.15) is 10.4 Å². The molecular formula is C16H13N3O. The molecule has 0 aliphatic heterocycles. The normalized spacial score (nSPS) is 10.2. The van der Waals surface area contributed by atoms with E-state index in [1.165, 1.54) is 0 Å². The van der Waals surface area contributed by atoms with Gasteiger partial charge in [0.15, 0.2) is 0 Å². The molecule has 1 N–H and O–H groups in total. The Bertz CT molecular complexity index is 706. The molecule has 3 aromatic rings. The maximum Gasteiger partial charge on any atom is 0.255 e. The van der Waals surface area contributed by atoms with Gasteiger partial charge in [0.1, 0.15) is 0 Å². The molecule has 98 valence electrons. The number of rotatable bonds is 3. The summed E-state index contributed by atoms with van der Waals surface area (Å²) < 4.78 is 1.72. The van der Waals surface area contributed by atoms with Crippen LogP contribution in [-0.2, 0) is 0 Å². The fourth-order valence-corrected chi connectivity index (χ4v) is 1.94. The smallest absolute Gasteiger partial charge is 0.255 e. The van der Waals surface area contributed by atoms with Crippen molar-refractivity contribution in [3.8, 4) is 5.69 Å². The molecule has 0 spiro atoms. The van der Waals surface area contributed by atoms with Gasteiger partial charge >= 0.3 is 0 Å². The number of para-hydroxylation sites is 1. The van der Waals surface area contributed by atoms with Crippen LogP contribution in [0.25, 0.3) is 5.69 Å². The van der Waals surface area contributed by atoms with E-state index in [-0.39, 0.29) is 5.91 Å². The second-order valence-electron chi connectivity index (χ2n) is 4.32. The van der Waals surface area contributed by atoms with E-state index in [0.29, 0.717) is 5.56 Å². The van der Waals surface area contributed by atoms with Gasteiger partial charge in [-0.2, -0.15) is 5.10 Å². The number of hydrogen-bond donors (Lipinski definition) is 1. The Kier molecular flexibility index (Phi) is 3.29. The predicted molar refractivity (Wildman–Crippen MR) is 78.0 cm³/mol. The van der Waals surface area contributed by atoms with Crippen LogP contribution in [0, 0.1) is 0 Å². The van der Waals surface area contributed by atoms with Crippen molar-refractivity contribution >= 4 is 11.6 Å². The summed E-state index contributed by atoms with van der Waals surface area (Å²) in [6, 6.07) is 18.6. The van der Waals surface area contributed by atoms with E-state index in [4.69, 9.17) is 0 Å². The maximum atomic E-state index is 12.2. The summed E-state index contributed by atoms with van der Waals surface area (Å²) in [4.78, 5) is 12.2. The monoisotopic (exact) mass is 263 g/mol. The summed E-state index contributed by atoms with van der Waals surface area (Å²) in [5, 5.41) is 7.02. The number of aromatic nitrogens is 2. The minimum absolute atomic E-state index is 0.134. The lowest BCUT2D eigenvalue weighted by atomic mass is 10.2. The van der Waals surface area contributed by atoms with Crippen molar-refractivity contribution in [3.63, 3.8) is 0 Å². The third-order valence-electron chi connectivity index (χ3n) is 2.91. The molecule has 3 rings (SSSR count). The maximum absolute atomic E-state index is 12.2. The van der Waals surface area contributed by atoms with Gasteiger partial charge in [-0.1, -0.05) is 24.3 Å². The number of nitrogens with zero attached hydrogens (tertiary/aromatic N) is 2.